The fourth-order valence-electron chi connectivity index (χ4n) is 0.831. The summed E-state index contributed by atoms with van der Waals surface area (Å²) in [5.41, 5.74) is 1.00. The average molecular weight is 280 g/mol. The van der Waals surface area contributed by atoms with Gasteiger partial charge >= 0.3 is 5.97 Å². The lowest BCUT2D eigenvalue weighted by Gasteiger charge is -2.09. The number of rotatable bonds is 8. The van der Waals surface area contributed by atoms with E-state index in [-0.39, 0.29) is 10.8 Å². The summed E-state index contributed by atoms with van der Waals surface area (Å²) >= 11 is 3.20. The summed E-state index contributed by atoms with van der Waals surface area (Å²) in [6.07, 6.45) is 0. The maximum Gasteiger partial charge on any atom is 0.320 e. The number of carbonyl (C=O) groups excluding carboxylic acids is 1. The van der Waals surface area contributed by atoms with Gasteiger partial charge in [-0.3, -0.25) is 4.79 Å². The minimum atomic E-state index is -0.302. The number of esters is 1. The lowest BCUT2D eigenvalue weighted by molar-refractivity contribution is -0.139. The Bertz CT molecular complexity index is 209. The second-order valence-electron chi connectivity index (χ2n) is 3.20. The average Bonchev–Trinajstić information content (AvgIpc) is 2.21. The molecular formula is C10H18BrNO3. The molecule has 0 aromatic rings. The smallest absolute Gasteiger partial charge is 0.320 e. The van der Waals surface area contributed by atoms with Gasteiger partial charge in [-0.2, -0.15) is 0 Å². The van der Waals surface area contributed by atoms with Crippen molar-refractivity contribution in [3.63, 3.8) is 0 Å². The molecule has 5 heteroatoms. The monoisotopic (exact) mass is 279 g/mol. The number of alkyl halides is 1. The van der Waals surface area contributed by atoms with Crippen molar-refractivity contribution in [3.8, 4) is 0 Å². The molecule has 0 fully saturated rings. The van der Waals surface area contributed by atoms with Crippen LogP contribution in [0.4, 0.5) is 0 Å². The van der Waals surface area contributed by atoms with Crippen LogP contribution in [0.25, 0.3) is 0 Å². The highest BCUT2D eigenvalue weighted by Gasteiger charge is 2.13. The van der Waals surface area contributed by atoms with Crippen LogP contribution in [-0.2, 0) is 14.3 Å². The third-order valence-electron chi connectivity index (χ3n) is 1.55. The molecule has 0 amide bonds. The van der Waals surface area contributed by atoms with Gasteiger partial charge in [0.1, 0.15) is 4.83 Å². The molecule has 0 aromatic carbocycles. The van der Waals surface area contributed by atoms with Crippen LogP contribution in [0.5, 0.6) is 0 Å². The van der Waals surface area contributed by atoms with Crippen molar-refractivity contribution in [2.24, 2.45) is 0 Å². The van der Waals surface area contributed by atoms with E-state index in [1.54, 1.807) is 0 Å². The van der Waals surface area contributed by atoms with E-state index >= 15 is 0 Å². The van der Waals surface area contributed by atoms with Crippen LogP contribution in [0.2, 0.25) is 0 Å². The van der Waals surface area contributed by atoms with E-state index in [1.165, 1.54) is 7.11 Å². The Morgan fingerprint density at radius 1 is 1.60 bits per heavy atom. The quantitative estimate of drug-likeness (QED) is 0.313. The van der Waals surface area contributed by atoms with Crippen molar-refractivity contribution in [2.75, 3.05) is 33.4 Å². The molecular weight excluding hydrogens is 262 g/mol. The Morgan fingerprint density at radius 3 is 2.80 bits per heavy atom. The number of methoxy groups -OCH3 is 1. The van der Waals surface area contributed by atoms with Crippen LogP contribution in [0.15, 0.2) is 12.2 Å². The molecule has 0 rings (SSSR count). The Kier molecular flexibility index (Phi) is 8.65. The van der Waals surface area contributed by atoms with Crippen LogP contribution >= 0.6 is 15.9 Å². The summed E-state index contributed by atoms with van der Waals surface area (Å²) < 4.78 is 9.82. The number of ether oxygens (including phenoxy) is 2. The number of carbonyl (C=O) groups is 1. The minimum Gasteiger partial charge on any atom is -0.468 e. The molecule has 0 aliphatic carbocycles. The van der Waals surface area contributed by atoms with Crippen LogP contribution in [0.1, 0.15) is 6.92 Å². The Labute approximate surface area is 99.1 Å². The summed E-state index contributed by atoms with van der Waals surface area (Å²) in [7, 11) is 1.37. The second kappa shape index (κ2) is 8.88. The molecule has 0 saturated heterocycles. The van der Waals surface area contributed by atoms with E-state index in [0.29, 0.717) is 26.3 Å². The first kappa shape index (κ1) is 14.6. The summed E-state index contributed by atoms with van der Waals surface area (Å²) in [5.74, 6) is -0.273. The second-order valence-corrected chi connectivity index (χ2v) is 4.31. The van der Waals surface area contributed by atoms with Crippen molar-refractivity contribution in [2.45, 2.75) is 11.8 Å². The van der Waals surface area contributed by atoms with Crippen LogP contribution in [-0.4, -0.2) is 44.2 Å². The molecule has 1 N–H and O–H groups in total. The third kappa shape index (κ3) is 8.59. The van der Waals surface area contributed by atoms with Crippen LogP contribution < -0.4 is 5.32 Å². The zero-order valence-corrected chi connectivity index (χ0v) is 10.8. The topological polar surface area (TPSA) is 47.6 Å². The first-order valence-electron chi connectivity index (χ1n) is 4.72. The fourth-order valence-corrected chi connectivity index (χ4v) is 1.25. The molecule has 0 aliphatic rings. The van der Waals surface area contributed by atoms with Gasteiger partial charge in [-0.05, 0) is 6.92 Å². The Hall–Kier alpha value is -0.390. The summed E-state index contributed by atoms with van der Waals surface area (Å²) in [6.45, 7) is 8.05. The molecule has 4 nitrogen and oxygen atoms in total. The van der Waals surface area contributed by atoms with Crippen molar-refractivity contribution < 1.29 is 14.3 Å². The summed E-state index contributed by atoms with van der Waals surface area (Å²) in [4.78, 5) is 10.7. The maximum atomic E-state index is 11.0. The van der Waals surface area contributed by atoms with Gasteiger partial charge in [0.25, 0.3) is 0 Å². The van der Waals surface area contributed by atoms with Crippen molar-refractivity contribution >= 4 is 21.9 Å². The van der Waals surface area contributed by atoms with E-state index in [9.17, 15) is 4.79 Å². The number of hydrogen-bond acceptors (Lipinski definition) is 4. The highest BCUT2D eigenvalue weighted by molar-refractivity contribution is 9.10. The Balaban J connectivity index is 3.31. The highest BCUT2D eigenvalue weighted by Crippen LogP contribution is 1.99. The Morgan fingerprint density at radius 2 is 2.27 bits per heavy atom. The predicted molar refractivity (Wildman–Crippen MR) is 63.2 cm³/mol. The maximum absolute atomic E-state index is 11.0. The molecule has 88 valence electrons. The first-order chi connectivity index (χ1) is 7.07. The van der Waals surface area contributed by atoms with Gasteiger partial charge in [0.15, 0.2) is 0 Å². The largest absolute Gasteiger partial charge is 0.468 e. The number of nitrogens with one attached hydrogen (secondary N) is 1. The van der Waals surface area contributed by atoms with Gasteiger partial charge in [-0.25, -0.2) is 0 Å². The van der Waals surface area contributed by atoms with Gasteiger partial charge in [0.2, 0.25) is 0 Å². The summed E-state index contributed by atoms with van der Waals surface area (Å²) in [5, 5.41) is 3.07. The number of hydrogen-bond donors (Lipinski definition) is 1. The molecule has 1 atom stereocenters. The van der Waals surface area contributed by atoms with Crippen molar-refractivity contribution in [1.29, 1.82) is 0 Å². The van der Waals surface area contributed by atoms with Gasteiger partial charge in [-0.15, -0.1) is 0 Å². The van der Waals surface area contributed by atoms with E-state index in [1.807, 2.05) is 6.92 Å². The molecule has 15 heavy (non-hydrogen) atoms. The molecule has 0 saturated carbocycles. The number of halogens is 1. The third-order valence-corrected chi connectivity index (χ3v) is 2.25. The standard InChI is InChI=1S/C10H18BrNO3/c1-8(2)7-15-5-4-12-6-9(11)10(13)14-3/h9,12H,1,4-7H2,2-3H3. The van der Waals surface area contributed by atoms with Gasteiger partial charge in [0, 0.05) is 13.1 Å². The summed E-state index contributed by atoms with van der Waals surface area (Å²) in [6, 6.07) is 0. The first-order valence-corrected chi connectivity index (χ1v) is 5.64. The highest BCUT2D eigenvalue weighted by atomic mass is 79.9. The normalized spacial score (nSPS) is 12.2. The van der Waals surface area contributed by atoms with Crippen LogP contribution in [0, 0.1) is 0 Å². The minimum absolute atomic E-state index is 0.273. The molecule has 0 aliphatic heterocycles. The molecule has 0 radical (unpaired) electrons. The van der Waals surface area contributed by atoms with Gasteiger partial charge < -0.3 is 14.8 Å². The molecule has 1 unspecified atom stereocenters. The van der Waals surface area contributed by atoms with Crippen LogP contribution in [0.3, 0.4) is 0 Å². The SMILES string of the molecule is C=C(C)COCCNCC(Br)C(=O)OC. The van der Waals surface area contributed by atoms with E-state index in [0.717, 1.165) is 5.57 Å². The van der Waals surface area contributed by atoms with E-state index < -0.39 is 0 Å². The zero-order chi connectivity index (χ0) is 11.7. The zero-order valence-electron chi connectivity index (χ0n) is 9.22. The molecule has 0 heterocycles. The van der Waals surface area contributed by atoms with E-state index in [4.69, 9.17) is 4.74 Å². The lowest BCUT2D eigenvalue weighted by Crippen LogP contribution is -2.31. The molecule has 0 spiro atoms. The van der Waals surface area contributed by atoms with Gasteiger partial charge in [0.05, 0.1) is 20.3 Å². The molecule has 0 aromatic heterocycles. The fraction of sp³-hybridized carbons (Fsp3) is 0.700. The molecule has 0 bridgehead atoms. The van der Waals surface area contributed by atoms with Crippen molar-refractivity contribution in [1.82, 2.24) is 5.32 Å². The van der Waals surface area contributed by atoms with E-state index in [2.05, 4.69) is 32.6 Å². The van der Waals surface area contributed by atoms with Gasteiger partial charge in [-0.1, -0.05) is 28.1 Å². The van der Waals surface area contributed by atoms with Crippen molar-refractivity contribution in [3.05, 3.63) is 12.2 Å². The lowest BCUT2D eigenvalue weighted by atomic mass is 10.4. The predicted octanol–water partition coefficient (Wildman–Crippen LogP) is 1.11.